The molecular formula is C20H19ClN2O4S. The van der Waals surface area contributed by atoms with E-state index >= 15 is 0 Å². The third kappa shape index (κ3) is 6.75. The fourth-order valence-electron chi connectivity index (χ4n) is 2.12. The fraction of sp³-hybridized carbons (Fsp3) is 0.150. The molecule has 0 aliphatic carbocycles. The van der Waals surface area contributed by atoms with E-state index < -0.39 is 11.9 Å². The van der Waals surface area contributed by atoms with Crippen molar-refractivity contribution >= 4 is 52.5 Å². The van der Waals surface area contributed by atoms with Crippen LogP contribution in [0, 0.1) is 0 Å². The van der Waals surface area contributed by atoms with Crippen molar-refractivity contribution in [3.8, 4) is 0 Å². The van der Waals surface area contributed by atoms with Crippen LogP contribution in [0.1, 0.15) is 13.8 Å². The largest absolute Gasteiger partial charge is 0.478 e. The number of thioether (sulfide) groups is 1. The van der Waals surface area contributed by atoms with Gasteiger partial charge in [0.05, 0.1) is 5.25 Å². The first-order chi connectivity index (χ1) is 13.2. The van der Waals surface area contributed by atoms with E-state index in [1.165, 1.54) is 18.7 Å². The van der Waals surface area contributed by atoms with Gasteiger partial charge in [-0.1, -0.05) is 17.7 Å². The van der Waals surface area contributed by atoms with Gasteiger partial charge in [0.1, 0.15) is 0 Å². The Morgan fingerprint density at radius 2 is 1.75 bits per heavy atom. The molecule has 0 radical (unpaired) electrons. The standard InChI is InChI=1S/C20H19ClN2O4S/c1-12(20(26)27)10-18(24)22-15-6-8-17(9-7-15)28-13(2)19(25)23-16-5-3-4-14(21)11-16/h3-11,13H,1-2H3,(H,22,24)(H,23,25)(H,26,27). The first-order valence-electron chi connectivity index (χ1n) is 8.30. The van der Waals surface area contributed by atoms with E-state index in [0.29, 0.717) is 16.4 Å². The lowest BCUT2D eigenvalue weighted by molar-refractivity contribution is -0.132. The van der Waals surface area contributed by atoms with Gasteiger partial charge in [0.2, 0.25) is 11.8 Å². The second-order valence-electron chi connectivity index (χ2n) is 5.91. The van der Waals surface area contributed by atoms with Crippen LogP contribution in [0.4, 0.5) is 11.4 Å². The Morgan fingerprint density at radius 1 is 1.07 bits per heavy atom. The van der Waals surface area contributed by atoms with E-state index in [-0.39, 0.29) is 16.7 Å². The minimum absolute atomic E-state index is 0.0517. The van der Waals surface area contributed by atoms with Gasteiger partial charge in [0.25, 0.3) is 0 Å². The van der Waals surface area contributed by atoms with Gasteiger partial charge in [-0.25, -0.2) is 4.79 Å². The summed E-state index contributed by atoms with van der Waals surface area (Å²) in [5, 5.41) is 14.4. The van der Waals surface area contributed by atoms with E-state index in [4.69, 9.17) is 16.7 Å². The number of carbonyl (C=O) groups excluding carboxylic acids is 2. The van der Waals surface area contributed by atoms with Crippen LogP contribution < -0.4 is 10.6 Å². The molecule has 0 heterocycles. The molecule has 0 spiro atoms. The summed E-state index contributed by atoms with van der Waals surface area (Å²) in [5.41, 5.74) is 1.11. The van der Waals surface area contributed by atoms with Crippen molar-refractivity contribution in [1.82, 2.24) is 0 Å². The van der Waals surface area contributed by atoms with Crippen LogP contribution in [0.5, 0.6) is 0 Å². The summed E-state index contributed by atoms with van der Waals surface area (Å²) < 4.78 is 0. The number of hydrogen-bond donors (Lipinski definition) is 3. The van der Waals surface area contributed by atoms with Gasteiger partial charge >= 0.3 is 5.97 Å². The van der Waals surface area contributed by atoms with Gasteiger partial charge < -0.3 is 15.7 Å². The normalized spacial score (nSPS) is 12.2. The van der Waals surface area contributed by atoms with Crippen molar-refractivity contribution in [1.29, 1.82) is 0 Å². The number of amides is 2. The molecule has 0 aliphatic rings. The number of anilines is 2. The zero-order valence-electron chi connectivity index (χ0n) is 15.2. The molecule has 0 fully saturated rings. The molecule has 146 valence electrons. The molecule has 0 saturated carbocycles. The summed E-state index contributed by atoms with van der Waals surface area (Å²) in [6.07, 6.45) is 1.02. The Morgan fingerprint density at radius 3 is 2.36 bits per heavy atom. The molecule has 0 bridgehead atoms. The molecule has 0 saturated heterocycles. The Kier molecular flexibility index (Phi) is 7.66. The van der Waals surface area contributed by atoms with Crippen molar-refractivity contribution in [2.45, 2.75) is 24.0 Å². The minimum atomic E-state index is -1.15. The van der Waals surface area contributed by atoms with Crippen molar-refractivity contribution in [3.05, 3.63) is 65.2 Å². The van der Waals surface area contributed by atoms with Gasteiger partial charge in [-0.2, -0.15) is 0 Å². The van der Waals surface area contributed by atoms with Crippen LogP contribution in [-0.4, -0.2) is 28.1 Å². The minimum Gasteiger partial charge on any atom is -0.478 e. The Balaban J connectivity index is 1.92. The van der Waals surface area contributed by atoms with Crippen molar-refractivity contribution in [3.63, 3.8) is 0 Å². The maximum atomic E-state index is 12.3. The summed E-state index contributed by atoms with van der Waals surface area (Å²) in [6, 6.07) is 13.9. The molecule has 1 atom stereocenters. The summed E-state index contributed by atoms with van der Waals surface area (Å²) in [4.78, 5) is 35.7. The maximum absolute atomic E-state index is 12.3. The molecule has 6 nitrogen and oxygen atoms in total. The predicted octanol–water partition coefficient (Wildman–Crippen LogP) is 4.43. The number of nitrogens with one attached hydrogen (secondary N) is 2. The number of rotatable bonds is 7. The summed E-state index contributed by atoms with van der Waals surface area (Å²) in [5.74, 6) is -1.82. The molecule has 0 aromatic heterocycles. The molecule has 8 heteroatoms. The van der Waals surface area contributed by atoms with Crippen LogP contribution in [-0.2, 0) is 14.4 Å². The monoisotopic (exact) mass is 418 g/mol. The number of aliphatic carboxylic acids is 1. The van der Waals surface area contributed by atoms with Crippen molar-refractivity contribution in [2.24, 2.45) is 0 Å². The number of carboxylic acid groups (broad SMARTS) is 1. The van der Waals surface area contributed by atoms with Crippen LogP contribution in [0.3, 0.4) is 0 Å². The Bertz CT molecular complexity index is 913. The number of carbonyl (C=O) groups is 3. The maximum Gasteiger partial charge on any atom is 0.331 e. The van der Waals surface area contributed by atoms with Crippen molar-refractivity contribution < 1.29 is 19.5 Å². The summed E-state index contributed by atoms with van der Waals surface area (Å²) >= 11 is 7.28. The first-order valence-corrected chi connectivity index (χ1v) is 9.56. The SMILES string of the molecule is CC(=CC(=O)Nc1ccc(SC(C)C(=O)Nc2cccc(Cl)c2)cc1)C(=O)O. The van der Waals surface area contributed by atoms with Crippen LogP contribution in [0.2, 0.25) is 5.02 Å². The molecule has 2 rings (SSSR count). The molecule has 0 aliphatic heterocycles. The van der Waals surface area contributed by atoms with Gasteiger partial charge in [-0.3, -0.25) is 9.59 Å². The number of carboxylic acids is 1. The van der Waals surface area contributed by atoms with E-state index in [2.05, 4.69) is 10.6 Å². The fourth-order valence-corrected chi connectivity index (χ4v) is 3.18. The number of hydrogen-bond acceptors (Lipinski definition) is 4. The van der Waals surface area contributed by atoms with Crippen molar-refractivity contribution in [2.75, 3.05) is 10.6 Å². The number of benzene rings is 2. The molecule has 2 aromatic carbocycles. The zero-order chi connectivity index (χ0) is 20.7. The molecule has 1 unspecified atom stereocenters. The zero-order valence-corrected chi connectivity index (χ0v) is 16.8. The second kappa shape index (κ2) is 9.96. The van der Waals surface area contributed by atoms with E-state index in [1.807, 2.05) is 0 Å². The third-order valence-electron chi connectivity index (χ3n) is 3.58. The number of halogens is 1. The van der Waals surface area contributed by atoms with Crippen LogP contribution in [0.15, 0.2) is 65.1 Å². The van der Waals surface area contributed by atoms with Gasteiger partial charge in [0.15, 0.2) is 0 Å². The second-order valence-corrected chi connectivity index (χ2v) is 7.76. The first kappa shape index (κ1) is 21.5. The van der Waals surface area contributed by atoms with Gasteiger partial charge in [-0.15, -0.1) is 11.8 Å². The summed E-state index contributed by atoms with van der Waals surface area (Å²) in [6.45, 7) is 3.14. The lowest BCUT2D eigenvalue weighted by atomic mass is 10.2. The average Bonchev–Trinajstić information content (AvgIpc) is 2.63. The highest BCUT2D eigenvalue weighted by Gasteiger charge is 2.15. The van der Waals surface area contributed by atoms with E-state index in [0.717, 1.165) is 11.0 Å². The Hall–Kier alpha value is -2.77. The third-order valence-corrected chi connectivity index (χ3v) is 4.93. The van der Waals surface area contributed by atoms with E-state index in [1.54, 1.807) is 55.5 Å². The van der Waals surface area contributed by atoms with Crippen LogP contribution in [0.25, 0.3) is 0 Å². The highest BCUT2D eigenvalue weighted by atomic mass is 35.5. The van der Waals surface area contributed by atoms with Gasteiger partial charge in [-0.05, 0) is 56.3 Å². The Labute approximate surface area is 172 Å². The molecule has 28 heavy (non-hydrogen) atoms. The lowest BCUT2D eigenvalue weighted by Crippen LogP contribution is -2.22. The summed E-state index contributed by atoms with van der Waals surface area (Å²) in [7, 11) is 0. The van der Waals surface area contributed by atoms with E-state index in [9.17, 15) is 14.4 Å². The average molecular weight is 419 g/mol. The highest BCUT2D eigenvalue weighted by Crippen LogP contribution is 2.26. The molecular weight excluding hydrogens is 400 g/mol. The topological polar surface area (TPSA) is 95.5 Å². The molecule has 2 aromatic rings. The lowest BCUT2D eigenvalue weighted by Gasteiger charge is -2.12. The predicted molar refractivity (Wildman–Crippen MR) is 112 cm³/mol. The highest BCUT2D eigenvalue weighted by molar-refractivity contribution is 8.00. The van der Waals surface area contributed by atoms with Gasteiger partial charge in [0, 0.05) is 32.9 Å². The van der Waals surface area contributed by atoms with Crippen LogP contribution >= 0.6 is 23.4 Å². The quantitative estimate of drug-likeness (QED) is 0.456. The smallest absolute Gasteiger partial charge is 0.331 e. The molecule has 3 N–H and O–H groups in total. The molecule has 2 amide bonds.